The standard InChI is InChI=1S/C24H27N7O/c1-3-30-6-4-22(5-7-30)31-16-20(13-28-31)24(32)10-21-9-17-8-18(11-26-23(17)14-25-21)19-12-27-29(2)15-19/h8-9,11-16,22H,3-7,10H2,1-2H3. The van der Waals surface area contributed by atoms with E-state index in [9.17, 15) is 4.79 Å². The normalized spacial score (nSPS) is 15.4. The summed E-state index contributed by atoms with van der Waals surface area (Å²) in [6.45, 7) is 5.45. The number of hydrogen-bond donors (Lipinski definition) is 0. The molecule has 0 unspecified atom stereocenters. The summed E-state index contributed by atoms with van der Waals surface area (Å²) in [4.78, 5) is 24.3. The van der Waals surface area contributed by atoms with Crippen molar-refractivity contribution in [3.05, 3.63) is 60.6 Å². The van der Waals surface area contributed by atoms with Crippen molar-refractivity contribution in [1.82, 2.24) is 34.4 Å². The molecule has 0 aromatic carbocycles. The summed E-state index contributed by atoms with van der Waals surface area (Å²) in [5.41, 5.74) is 4.18. The Morgan fingerprint density at radius 3 is 2.59 bits per heavy atom. The molecule has 1 aliphatic heterocycles. The summed E-state index contributed by atoms with van der Waals surface area (Å²) in [6, 6.07) is 4.39. The summed E-state index contributed by atoms with van der Waals surface area (Å²) < 4.78 is 3.74. The van der Waals surface area contributed by atoms with Gasteiger partial charge >= 0.3 is 0 Å². The van der Waals surface area contributed by atoms with Gasteiger partial charge in [0.15, 0.2) is 5.78 Å². The Bertz CT molecular complexity index is 1250. The summed E-state index contributed by atoms with van der Waals surface area (Å²) in [5, 5.41) is 9.68. The van der Waals surface area contributed by atoms with Crippen LogP contribution in [0.1, 0.15) is 41.9 Å². The van der Waals surface area contributed by atoms with Crippen LogP contribution in [0, 0.1) is 0 Å². The van der Waals surface area contributed by atoms with Gasteiger partial charge in [-0.2, -0.15) is 10.2 Å². The van der Waals surface area contributed by atoms with Crippen molar-refractivity contribution < 1.29 is 4.79 Å². The third-order valence-electron chi connectivity index (χ3n) is 6.31. The molecule has 5 rings (SSSR count). The number of carbonyl (C=O) groups is 1. The van der Waals surface area contributed by atoms with Crippen molar-refractivity contribution >= 4 is 16.7 Å². The van der Waals surface area contributed by atoms with Crippen LogP contribution in [0.25, 0.3) is 22.0 Å². The van der Waals surface area contributed by atoms with E-state index < -0.39 is 0 Å². The molecule has 0 radical (unpaired) electrons. The van der Waals surface area contributed by atoms with Gasteiger partial charge in [0.1, 0.15) is 0 Å². The molecule has 8 heteroatoms. The van der Waals surface area contributed by atoms with E-state index in [0.29, 0.717) is 11.6 Å². The zero-order valence-corrected chi connectivity index (χ0v) is 18.5. The number of piperidine rings is 1. The Kier molecular flexibility index (Phi) is 5.53. The van der Waals surface area contributed by atoms with Gasteiger partial charge in [0.2, 0.25) is 0 Å². The summed E-state index contributed by atoms with van der Waals surface area (Å²) in [7, 11) is 1.89. The summed E-state index contributed by atoms with van der Waals surface area (Å²) >= 11 is 0. The molecule has 1 saturated heterocycles. The number of pyridine rings is 2. The van der Waals surface area contributed by atoms with E-state index in [-0.39, 0.29) is 12.2 Å². The highest BCUT2D eigenvalue weighted by atomic mass is 16.1. The number of ketones is 1. The molecule has 0 N–H and O–H groups in total. The maximum absolute atomic E-state index is 12.9. The van der Waals surface area contributed by atoms with Gasteiger partial charge in [0.05, 0.1) is 42.1 Å². The maximum Gasteiger partial charge on any atom is 0.171 e. The Morgan fingerprint density at radius 1 is 1.00 bits per heavy atom. The third kappa shape index (κ3) is 4.18. The molecule has 0 spiro atoms. The van der Waals surface area contributed by atoms with Crippen molar-refractivity contribution in [1.29, 1.82) is 0 Å². The zero-order chi connectivity index (χ0) is 22.1. The minimum absolute atomic E-state index is 0.0328. The van der Waals surface area contributed by atoms with Crippen molar-refractivity contribution in [3.63, 3.8) is 0 Å². The highest BCUT2D eigenvalue weighted by Gasteiger charge is 2.21. The number of hydrogen-bond acceptors (Lipinski definition) is 6. The van der Waals surface area contributed by atoms with Crippen LogP contribution >= 0.6 is 0 Å². The number of aromatic nitrogens is 6. The fourth-order valence-electron chi connectivity index (χ4n) is 4.35. The molecular formula is C24H27N7O. The smallest absolute Gasteiger partial charge is 0.171 e. The number of likely N-dealkylation sites (tertiary alicyclic amines) is 1. The second kappa shape index (κ2) is 8.63. The molecule has 8 nitrogen and oxygen atoms in total. The van der Waals surface area contributed by atoms with Gasteiger partial charge < -0.3 is 4.90 Å². The van der Waals surface area contributed by atoms with E-state index >= 15 is 0 Å². The van der Waals surface area contributed by atoms with Crippen molar-refractivity contribution in [2.24, 2.45) is 7.05 Å². The van der Waals surface area contributed by atoms with Crippen molar-refractivity contribution in [2.75, 3.05) is 19.6 Å². The summed E-state index contributed by atoms with van der Waals surface area (Å²) in [6.07, 6.45) is 13.3. The molecule has 5 heterocycles. The van der Waals surface area contributed by atoms with Gasteiger partial charge in [0.25, 0.3) is 0 Å². The first kappa shape index (κ1) is 20.5. The van der Waals surface area contributed by atoms with Gasteiger partial charge in [-0.3, -0.25) is 24.1 Å². The van der Waals surface area contributed by atoms with E-state index in [2.05, 4.69) is 38.1 Å². The Hall–Kier alpha value is -3.39. The number of aryl methyl sites for hydroxylation is 1. The quantitative estimate of drug-likeness (QED) is 0.438. The number of nitrogens with zero attached hydrogens (tertiary/aromatic N) is 7. The van der Waals surface area contributed by atoms with Crippen LogP contribution in [0.5, 0.6) is 0 Å². The average Bonchev–Trinajstić information content (AvgIpc) is 3.48. The number of rotatable bonds is 6. The lowest BCUT2D eigenvalue weighted by molar-refractivity contribution is 0.0991. The fraction of sp³-hybridized carbons (Fsp3) is 0.375. The first-order chi connectivity index (χ1) is 15.6. The van der Waals surface area contributed by atoms with E-state index in [1.165, 1.54) is 0 Å². The van der Waals surface area contributed by atoms with Crippen molar-refractivity contribution in [2.45, 2.75) is 32.2 Å². The lowest BCUT2D eigenvalue weighted by atomic mass is 10.0. The van der Waals surface area contributed by atoms with E-state index in [1.807, 2.05) is 42.6 Å². The highest BCUT2D eigenvalue weighted by Crippen LogP contribution is 2.24. The van der Waals surface area contributed by atoms with Crippen LogP contribution in [0.4, 0.5) is 0 Å². The largest absolute Gasteiger partial charge is 0.303 e. The number of fused-ring (bicyclic) bond motifs is 1. The maximum atomic E-state index is 12.9. The second-order valence-electron chi connectivity index (χ2n) is 8.47. The molecule has 1 fully saturated rings. The first-order valence-electron chi connectivity index (χ1n) is 11.1. The van der Waals surface area contributed by atoms with Gasteiger partial charge in [-0.25, -0.2) is 0 Å². The van der Waals surface area contributed by atoms with Gasteiger partial charge in [-0.15, -0.1) is 0 Å². The van der Waals surface area contributed by atoms with Crippen LogP contribution in [0.3, 0.4) is 0 Å². The topological polar surface area (TPSA) is 81.7 Å². The van der Waals surface area contributed by atoms with Gasteiger partial charge in [0, 0.05) is 60.9 Å². The fourth-order valence-corrected chi connectivity index (χ4v) is 4.35. The predicted octanol–water partition coefficient (Wildman–Crippen LogP) is 3.31. The molecule has 0 bridgehead atoms. The Balaban J connectivity index is 1.31. The molecule has 164 valence electrons. The van der Waals surface area contributed by atoms with Crippen LogP contribution in [0.2, 0.25) is 0 Å². The van der Waals surface area contributed by atoms with Gasteiger partial charge in [-0.1, -0.05) is 6.92 Å². The van der Waals surface area contributed by atoms with Gasteiger partial charge in [-0.05, 0) is 31.5 Å². The number of carbonyl (C=O) groups excluding carboxylic acids is 1. The molecule has 4 aromatic rings. The van der Waals surface area contributed by atoms with Crippen molar-refractivity contribution in [3.8, 4) is 11.1 Å². The van der Waals surface area contributed by atoms with E-state index in [0.717, 1.165) is 60.2 Å². The Labute approximate surface area is 186 Å². The van der Waals surface area contributed by atoms with E-state index in [4.69, 9.17) is 0 Å². The minimum atomic E-state index is 0.0328. The van der Waals surface area contributed by atoms with Crippen LogP contribution in [-0.4, -0.2) is 59.8 Å². The minimum Gasteiger partial charge on any atom is -0.303 e. The molecule has 0 saturated carbocycles. The Morgan fingerprint density at radius 2 is 1.84 bits per heavy atom. The molecule has 0 amide bonds. The second-order valence-corrected chi connectivity index (χ2v) is 8.47. The van der Waals surface area contributed by atoms with E-state index in [1.54, 1.807) is 17.1 Å². The lowest BCUT2D eigenvalue weighted by Gasteiger charge is -2.31. The zero-order valence-electron chi connectivity index (χ0n) is 18.5. The molecule has 0 aliphatic carbocycles. The molecule has 32 heavy (non-hydrogen) atoms. The molecule has 0 atom stereocenters. The summed E-state index contributed by atoms with van der Waals surface area (Å²) in [5.74, 6) is 0.0328. The van der Waals surface area contributed by atoms with Crippen LogP contribution < -0.4 is 0 Å². The lowest BCUT2D eigenvalue weighted by Crippen LogP contribution is -2.34. The molecular weight excluding hydrogens is 402 g/mol. The van der Waals surface area contributed by atoms with Crippen LogP contribution in [-0.2, 0) is 13.5 Å². The third-order valence-corrected chi connectivity index (χ3v) is 6.31. The number of Topliss-reactive ketones (excluding diaryl/α,β-unsaturated/α-hetero) is 1. The molecule has 4 aromatic heterocycles. The SMILES string of the molecule is CCN1CCC(n2cc(C(=O)Cc3cc4cc(-c5cnn(C)c5)cnc4cn3)cn2)CC1. The molecule has 1 aliphatic rings. The predicted molar refractivity (Wildman–Crippen MR) is 122 cm³/mol. The van der Waals surface area contributed by atoms with Crippen LogP contribution in [0.15, 0.2) is 49.3 Å². The first-order valence-corrected chi connectivity index (χ1v) is 11.1. The monoisotopic (exact) mass is 429 g/mol. The highest BCUT2D eigenvalue weighted by molar-refractivity contribution is 5.97. The average molecular weight is 430 g/mol.